The Bertz CT molecular complexity index is 780. The number of pyridine rings is 1. The van der Waals surface area contributed by atoms with Crippen LogP contribution in [0.15, 0.2) is 48.8 Å². The molecule has 2 atom stereocenters. The van der Waals surface area contributed by atoms with Crippen LogP contribution in [0.25, 0.3) is 0 Å². The molecule has 1 aromatic carbocycles. The molecule has 3 heterocycles. The summed E-state index contributed by atoms with van der Waals surface area (Å²) in [5.74, 6) is 0. The van der Waals surface area contributed by atoms with Crippen molar-refractivity contribution in [2.45, 2.75) is 25.1 Å². The first-order valence-electron chi connectivity index (χ1n) is 9.78. The Balaban J connectivity index is 1.35. The van der Waals surface area contributed by atoms with Crippen LogP contribution in [0.2, 0.25) is 0 Å². The molecule has 2 aliphatic rings. The summed E-state index contributed by atoms with van der Waals surface area (Å²) in [6, 6.07) is 11.8. The van der Waals surface area contributed by atoms with E-state index in [9.17, 15) is 4.79 Å². The molecule has 2 saturated heterocycles. The highest BCUT2D eigenvalue weighted by molar-refractivity contribution is 5.74. The summed E-state index contributed by atoms with van der Waals surface area (Å²) < 4.78 is 11.3. The quantitative estimate of drug-likeness (QED) is 0.830. The molecule has 0 radical (unpaired) electrons. The second-order valence-electron chi connectivity index (χ2n) is 7.03. The standard InChI is InChI=1S/C21H26N4O3/c26-21(24-18-7-11-28-20(18)17-5-3-8-22-14-17)23-15-16-4-1-2-6-19(16)25-9-12-27-13-10-25/h1-6,8,14,18,20H,7,9-13,15H2,(H2,23,24,26)/t18-,20+/m1/s1. The molecule has 2 aliphatic heterocycles. The van der Waals surface area contributed by atoms with Crippen molar-refractivity contribution < 1.29 is 14.3 Å². The summed E-state index contributed by atoms with van der Waals surface area (Å²) in [6.45, 7) is 4.32. The minimum absolute atomic E-state index is 0.0568. The first kappa shape index (κ1) is 18.7. The fourth-order valence-corrected chi connectivity index (χ4v) is 3.78. The molecule has 7 heteroatoms. The van der Waals surface area contributed by atoms with Crippen molar-refractivity contribution in [1.29, 1.82) is 0 Å². The summed E-state index contributed by atoms with van der Waals surface area (Å²) in [5, 5.41) is 6.06. The van der Waals surface area contributed by atoms with Gasteiger partial charge in [0, 0.05) is 49.9 Å². The Morgan fingerprint density at radius 3 is 2.82 bits per heavy atom. The summed E-state index contributed by atoms with van der Waals surface area (Å²) in [6.07, 6.45) is 4.16. The third kappa shape index (κ3) is 4.43. The molecule has 4 rings (SSSR count). The number of hydrogen-bond acceptors (Lipinski definition) is 5. The zero-order valence-corrected chi connectivity index (χ0v) is 15.8. The molecule has 1 aromatic heterocycles. The van der Waals surface area contributed by atoms with Crippen LogP contribution in [0.4, 0.5) is 10.5 Å². The van der Waals surface area contributed by atoms with Crippen molar-refractivity contribution in [3.05, 3.63) is 59.9 Å². The van der Waals surface area contributed by atoms with E-state index >= 15 is 0 Å². The lowest BCUT2D eigenvalue weighted by atomic mass is 10.0. The summed E-state index contributed by atoms with van der Waals surface area (Å²) in [5.41, 5.74) is 3.25. The highest BCUT2D eigenvalue weighted by atomic mass is 16.5. The fourth-order valence-electron chi connectivity index (χ4n) is 3.78. The van der Waals surface area contributed by atoms with Gasteiger partial charge in [-0.25, -0.2) is 4.79 Å². The molecular formula is C21H26N4O3. The van der Waals surface area contributed by atoms with Crippen LogP contribution in [0, 0.1) is 0 Å². The van der Waals surface area contributed by atoms with Crippen LogP contribution >= 0.6 is 0 Å². The van der Waals surface area contributed by atoms with Gasteiger partial charge in [0.05, 0.1) is 19.3 Å². The van der Waals surface area contributed by atoms with E-state index in [0.717, 1.165) is 49.5 Å². The first-order valence-corrected chi connectivity index (χ1v) is 9.78. The number of nitrogens with one attached hydrogen (secondary N) is 2. The van der Waals surface area contributed by atoms with Gasteiger partial charge in [-0.05, 0) is 24.1 Å². The van der Waals surface area contributed by atoms with Gasteiger partial charge in [0.25, 0.3) is 0 Å². The SMILES string of the molecule is O=C(NCc1ccccc1N1CCOCC1)N[C@@H]1CCO[C@H]1c1cccnc1. The van der Waals surface area contributed by atoms with E-state index in [4.69, 9.17) is 9.47 Å². The normalized spacial score (nSPS) is 22.1. The van der Waals surface area contributed by atoms with Gasteiger partial charge >= 0.3 is 6.03 Å². The van der Waals surface area contributed by atoms with Crippen LogP contribution in [-0.2, 0) is 16.0 Å². The number of rotatable bonds is 5. The van der Waals surface area contributed by atoms with E-state index in [2.05, 4.69) is 32.7 Å². The molecule has 2 N–H and O–H groups in total. The maximum Gasteiger partial charge on any atom is 0.315 e. The molecule has 28 heavy (non-hydrogen) atoms. The Kier molecular flexibility index (Phi) is 6.04. The number of carbonyl (C=O) groups excluding carboxylic acids is 1. The number of hydrogen-bond donors (Lipinski definition) is 2. The number of anilines is 1. The maximum absolute atomic E-state index is 12.5. The Labute approximate surface area is 165 Å². The molecule has 0 saturated carbocycles. The molecule has 0 unspecified atom stereocenters. The average molecular weight is 382 g/mol. The molecule has 7 nitrogen and oxygen atoms in total. The maximum atomic E-state index is 12.5. The number of benzene rings is 1. The molecule has 148 valence electrons. The second-order valence-corrected chi connectivity index (χ2v) is 7.03. The van der Waals surface area contributed by atoms with Gasteiger partial charge in [-0.15, -0.1) is 0 Å². The summed E-state index contributed by atoms with van der Waals surface area (Å²) in [7, 11) is 0. The average Bonchev–Trinajstić information content (AvgIpc) is 3.22. The van der Waals surface area contributed by atoms with Gasteiger partial charge in [0.1, 0.15) is 6.10 Å². The van der Waals surface area contributed by atoms with Gasteiger partial charge < -0.3 is 25.0 Å². The topological polar surface area (TPSA) is 75.7 Å². The second kappa shape index (κ2) is 9.03. The molecular weight excluding hydrogens is 356 g/mol. The van der Waals surface area contributed by atoms with Crippen molar-refractivity contribution in [3.8, 4) is 0 Å². The van der Waals surface area contributed by atoms with Crippen molar-refractivity contribution in [1.82, 2.24) is 15.6 Å². The van der Waals surface area contributed by atoms with Crippen LogP contribution in [-0.4, -0.2) is 50.0 Å². The van der Waals surface area contributed by atoms with Gasteiger partial charge in [-0.2, -0.15) is 0 Å². The van der Waals surface area contributed by atoms with Gasteiger partial charge in [0.2, 0.25) is 0 Å². The molecule has 2 aromatic rings. The number of aromatic nitrogens is 1. The Morgan fingerprint density at radius 2 is 2.00 bits per heavy atom. The first-order chi connectivity index (χ1) is 13.8. The highest BCUT2D eigenvalue weighted by Gasteiger charge is 2.31. The van der Waals surface area contributed by atoms with Crippen molar-refractivity contribution in [2.24, 2.45) is 0 Å². The highest BCUT2D eigenvalue weighted by Crippen LogP contribution is 2.28. The minimum atomic E-state index is -0.179. The van der Waals surface area contributed by atoms with E-state index in [1.54, 1.807) is 12.4 Å². The molecule has 0 bridgehead atoms. The van der Waals surface area contributed by atoms with Crippen LogP contribution in [0.3, 0.4) is 0 Å². The van der Waals surface area contributed by atoms with Crippen LogP contribution in [0.1, 0.15) is 23.7 Å². The zero-order chi connectivity index (χ0) is 19.2. The zero-order valence-electron chi connectivity index (χ0n) is 15.8. The smallest absolute Gasteiger partial charge is 0.315 e. The predicted octanol–water partition coefficient (Wildman–Crippen LogP) is 2.25. The van der Waals surface area contributed by atoms with Crippen LogP contribution in [0.5, 0.6) is 0 Å². The van der Waals surface area contributed by atoms with Gasteiger partial charge in [-0.1, -0.05) is 24.3 Å². The van der Waals surface area contributed by atoms with Gasteiger partial charge in [0.15, 0.2) is 0 Å². The van der Waals surface area contributed by atoms with Crippen LogP contribution < -0.4 is 15.5 Å². The van der Waals surface area contributed by atoms with E-state index in [0.29, 0.717) is 13.2 Å². The lowest BCUT2D eigenvalue weighted by molar-refractivity contribution is 0.0996. The monoisotopic (exact) mass is 382 g/mol. The number of urea groups is 1. The third-order valence-corrected chi connectivity index (χ3v) is 5.20. The third-order valence-electron chi connectivity index (χ3n) is 5.20. The number of morpholine rings is 1. The van der Waals surface area contributed by atoms with E-state index < -0.39 is 0 Å². The van der Waals surface area contributed by atoms with E-state index in [1.807, 2.05) is 24.3 Å². The largest absolute Gasteiger partial charge is 0.378 e. The number of ether oxygens (including phenoxy) is 2. The Morgan fingerprint density at radius 1 is 1.14 bits per heavy atom. The summed E-state index contributed by atoms with van der Waals surface area (Å²) in [4.78, 5) is 19.0. The lowest BCUT2D eigenvalue weighted by Crippen LogP contribution is -2.43. The van der Waals surface area contributed by atoms with Crippen molar-refractivity contribution in [3.63, 3.8) is 0 Å². The Hall–Kier alpha value is -2.64. The van der Waals surface area contributed by atoms with E-state index in [1.165, 1.54) is 0 Å². The fraction of sp³-hybridized carbons (Fsp3) is 0.429. The van der Waals surface area contributed by atoms with Gasteiger partial charge in [-0.3, -0.25) is 4.98 Å². The molecule has 0 spiro atoms. The number of para-hydroxylation sites is 1. The number of nitrogens with zero attached hydrogens (tertiary/aromatic N) is 2. The lowest BCUT2D eigenvalue weighted by Gasteiger charge is -2.30. The predicted molar refractivity (Wildman–Crippen MR) is 106 cm³/mol. The number of carbonyl (C=O) groups is 1. The number of amides is 2. The molecule has 0 aliphatic carbocycles. The molecule has 2 amide bonds. The summed E-state index contributed by atoms with van der Waals surface area (Å²) >= 11 is 0. The van der Waals surface area contributed by atoms with E-state index in [-0.39, 0.29) is 18.2 Å². The van der Waals surface area contributed by atoms with Crippen molar-refractivity contribution in [2.75, 3.05) is 37.8 Å². The molecule has 2 fully saturated rings. The van der Waals surface area contributed by atoms with Crippen molar-refractivity contribution >= 4 is 11.7 Å². The minimum Gasteiger partial charge on any atom is -0.378 e.